The minimum absolute atomic E-state index is 0.0687. The lowest BCUT2D eigenvalue weighted by Gasteiger charge is -2.11. The monoisotopic (exact) mass is 178 g/mol. The summed E-state index contributed by atoms with van der Waals surface area (Å²) in [6.45, 7) is 0. The molecule has 0 bridgehead atoms. The molecule has 1 fully saturated rings. The van der Waals surface area contributed by atoms with E-state index in [1.807, 2.05) is 0 Å². The molecule has 0 saturated heterocycles. The molecule has 4 heteroatoms. The molecule has 3 unspecified atom stereocenters. The van der Waals surface area contributed by atoms with Gasteiger partial charge in [-0.2, -0.15) is 25.3 Å². The van der Waals surface area contributed by atoms with Crippen molar-refractivity contribution in [2.75, 3.05) is 0 Å². The van der Waals surface area contributed by atoms with Gasteiger partial charge in [-0.05, 0) is 12.8 Å². The fraction of sp³-hybridized carbons (Fsp3) is 0.833. The van der Waals surface area contributed by atoms with Crippen LogP contribution >= 0.6 is 25.3 Å². The van der Waals surface area contributed by atoms with Crippen LogP contribution in [0.4, 0.5) is 0 Å². The highest BCUT2D eigenvalue weighted by Crippen LogP contribution is 2.33. The molecule has 2 nitrogen and oxygen atoms in total. The highest BCUT2D eigenvalue weighted by molar-refractivity contribution is 7.85. The summed E-state index contributed by atoms with van der Waals surface area (Å²) in [6, 6.07) is 0. The highest BCUT2D eigenvalue weighted by atomic mass is 32.1. The number of carboxylic acid groups (broad SMARTS) is 1. The average Bonchev–Trinajstić information content (AvgIpc) is 2.14. The minimum atomic E-state index is -0.739. The third-order valence-electron chi connectivity index (χ3n) is 1.90. The Morgan fingerprint density at radius 3 is 2.20 bits per heavy atom. The predicted molar refractivity (Wildman–Crippen MR) is 45.9 cm³/mol. The maximum absolute atomic E-state index is 10.5. The van der Waals surface area contributed by atoms with Crippen molar-refractivity contribution in [2.24, 2.45) is 5.92 Å². The molecular weight excluding hydrogens is 168 g/mol. The van der Waals surface area contributed by atoms with Gasteiger partial charge in [-0.1, -0.05) is 0 Å². The second kappa shape index (κ2) is 3.05. The number of carbonyl (C=O) groups is 1. The Hall–Kier alpha value is 0.170. The Morgan fingerprint density at radius 1 is 1.40 bits per heavy atom. The lowest BCUT2D eigenvalue weighted by atomic mass is 10.1. The molecule has 0 aromatic carbocycles. The van der Waals surface area contributed by atoms with E-state index >= 15 is 0 Å². The molecule has 3 atom stereocenters. The van der Waals surface area contributed by atoms with Gasteiger partial charge in [0.05, 0.1) is 5.92 Å². The molecule has 0 amide bonds. The normalized spacial score (nSPS) is 40.0. The van der Waals surface area contributed by atoms with E-state index in [1.54, 1.807) is 0 Å². The summed E-state index contributed by atoms with van der Waals surface area (Å²) >= 11 is 8.37. The van der Waals surface area contributed by atoms with Crippen LogP contribution in [0.2, 0.25) is 0 Å². The molecule has 1 N–H and O–H groups in total. The molecule has 0 heterocycles. The number of aliphatic carboxylic acids is 1. The summed E-state index contributed by atoms with van der Waals surface area (Å²) in [5, 5.41) is 8.71. The summed E-state index contributed by atoms with van der Waals surface area (Å²) in [5.74, 6) is -1.03. The van der Waals surface area contributed by atoms with Crippen LogP contribution in [-0.4, -0.2) is 21.6 Å². The quantitative estimate of drug-likeness (QED) is 0.526. The van der Waals surface area contributed by atoms with E-state index in [1.165, 1.54) is 0 Å². The van der Waals surface area contributed by atoms with Crippen molar-refractivity contribution in [3.8, 4) is 0 Å². The van der Waals surface area contributed by atoms with Crippen LogP contribution in [0.1, 0.15) is 12.8 Å². The Bertz CT molecular complexity index is 149. The summed E-state index contributed by atoms with van der Waals surface area (Å²) in [7, 11) is 0. The van der Waals surface area contributed by atoms with Crippen LogP contribution in [0, 0.1) is 5.92 Å². The second-order valence-corrected chi connectivity index (χ2v) is 3.84. The van der Waals surface area contributed by atoms with Gasteiger partial charge in [-0.15, -0.1) is 0 Å². The number of hydrogen-bond acceptors (Lipinski definition) is 3. The van der Waals surface area contributed by atoms with E-state index in [0.717, 1.165) is 12.8 Å². The van der Waals surface area contributed by atoms with Crippen molar-refractivity contribution in [3.63, 3.8) is 0 Å². The molecule has 1 aliphatic carbocycles. The maximum atomic E-state index is 10.5. The van der Waals surface area contributed by atoms with Crippen molar-refractivity contribution >= 4 is 31.2 Å². The van der Waals surface area contributed by atoms with E-state index in [-0.39, 0.29) is 16.4 Å². The molecule has 0 aliphatic heterocycles. The zero-order chi connectivity index (χ0) is 7.72. The zero-order valence-corrected chi connectivity index (χ0v) is 7.19. The molecule has 58 valence electrons. The number of hydrogen-bond donors (Lipinski definition) is 3. The molecule has 1 rings (SSSR count). The van der Waals surface area contributed by atoms with Crippen molar-refractivity contribution in [1.29, 1.82) is 0 Å². The van der Waals surface area contributed by atoms with Crippen molar-refractivity contribution in [3.05, 3.63) is 0 Å². The van der Waals surface area contributed by atoms with E-state index in [9.17, 15) is 4.79 Å². The van der Waals surface area contributed by atoms with Gasteiger partial charge in [0.15, 0.2) is 0 Å². The average molecular weight is 178 g/mol. The molecule has 0 spiro atoms. The van der Waals surface area contributed by atoms with Gasteiger partial charge >= 0.3 is 5.97 Å². The summed E-state index contributed by atoms with van der Waals surface area (Å²) in [5.41, 5.74) is 0. The van der Waals surface area contributed by atoms with Crippen molar-refractivity contribution in [2.45, 2.75) is 23.3 Å². The first-order valence-electron chi connectivity index (χ1n) is 3.22. The smallest absolute Gasteiger partial charge is 0.307 e. The van der Waals surface area contributed by atoms with Crippen molar-refractivity contribution in [1.82, 2.24) is 0 Å². The van der Waals surface area contributed by atoms with Crippen LogP contribution in [0.25, 0.3) is 0 Å². The third kappa shape index (κ3) is 1.42. The van der Waals surface area contributed by atoms with Crippen LogP contribution in [0.15, 0.2) is 0 Å². The Morgan fingerprint density at radius 2 is 2.00 bits per heavy atom. The maximum Gasteiger partial charge on any atom is 0.307 e. The number of carboxylic acids is 1. The first-order chi connectivity index (χ1) is 4.63. The molecule has 10 heavy (non-hydrogen) atoms. The fourth-order valence-corrected chi connectivity index (χ4v) is 2.01. The van der Waals surface area contributed by atoms with Crippen LogP contribution < -0.4 is 0 Å². The van der Waals surface area contributed by atoms with E-state index in [4.69, 9.17) is 5.11 Å². The fourth-order valence-electron chi connectivity index (χ4n) is 1.23. The van der Waals surface area contributed by atoms with Gasteiger partial charge in [0.2, 0.25) is 0 Å². The highest BCUT2D eigenvalue weighted by Gasteiger charge is 2.35. The SMILES string of the molecule is O=C(O)C1CCC(S)C1S. The molecule has 0 aromatic rings. The second-order valence-electron chi connectivity index (χ2n) is 2.58. The number of thiol groups is 2. The Balaban J connectivity index is 2.57. The Kier molecular flexibility index (Phi) is 2.52. The lowest BCUT2D eigenvalue weighted by molar-refractivity contribution is -0.141. The van der Waals surface area contributed by atoms with E-state index in [0.29, 0.717) is 0 Å². The first kappa shape index (κ1) is 8.27. The van der Waals surface area contributed by atoms with Crippen LogP contribution in [-0.2, 0) is 4.79 Å². The van der Waals surface area contributed by atoms with Gasteiger partial charge < -0.3 is 5.11 Å². The van der Waals surface area contributed by atoms with Crippen LogP contribution in [0.3, 0.4) is 0 Å². The van der Waals surface area contributed by atoms with Gasteiger partial charge in [-0.25, -0.2) is 0 Å². The van der Waals surface area contributed by atoms with Gasteiger partial charge in [0.1, 0.15) is 0 Å². The van der Waals surface area contributed by atoms with Gasteiger partial charge in [-0.3, -0.25) is 4.79 Å². The standard InChI is InChI=1S/C6H10O2S2/c7-6(8)3-1-2-4(9)5(3)10/h3-5,9-10H,1-2H2,(H,7,8). The first-order valence-corrected chi connectivity index (χ1v) is 4.25. The molecule has 1 saturated carbocycles. The lowest BCUT2D eigenvalue weighted by Crippen LogP contribution is -2.22. The summed E-state index contributed by atoms with van der Waals surface area (Å²) in [4.78, 5) is 10.5. The van der Waals surface area contributed by atoms with Crippen molar-refractivity contribution < 1.29 is 9.90 Å². The molecule has 1 aliphatic rings. The molecular formula is C6H10O2S2. The van der Waals surface area contributed by atoms with Crippen LogP contribution in [0.5, 0.6) is 0 Å². The predicted octanol–water partition coefficient (Wildman–Crippen LogP) is 1.08. The third-order valence-corrected chi connectivity index (χ3v) is 3.43. The van der Waals surface area contributed by atoms with Gasteiger partial charge in [0, 0.05) is 10.5 Å². The summed E-state index contributed by atoms with van der Waals surface area (Å²) < 4.78 is 0. The molecule has 0 radical (unpaired) electrons. The van der Waals surface area contributed by atoms with Gasteiger partial charge in [0.25, 0.3) is 0 Å². The summed E-state index contributed by atoms with van der Waals surface area (Å²) in [6.07, 6.45) is 1.59. The zero-order valence-electron chi connectivity index (χ0n) is 5.40. The molecule has 0 aromatic heterocycles. The number of rotatable bonds is 1. The van der Waals surface area contributed by atoms with E-state index in [2.05, 4.69) is 25.3 Å². The Labute approximate surface area is 70.8 Å². The minimum Gasteiger partial charge on any atom is -0.481 e. The largest absolute Gasteiger partial charge is 0.481 e. The van der Waals surface area contributed by atoms with E-state index < -0.39 is 5.97 Å². The topological polar surface area (TPSA) is 37.3 Å².